The van der Waals surface area contributed by atoms with Crippen molar-refractivity contribution in [1.29, 1.82) is 0 Å². The van der Waals surface area contributed by atoms with Crippen molar-refractivity contribution in [2.24, 2.45) is 0 Å². The normalized spacial score (nSPS) is 17.8. The van der Waals surface area contributed by atoms with Crippen molar-refractivity contribution in [2.75, 3.05) is 20.8 Å². The Balaban J connectivity index is 2.58. The van der Waals surface area contributed by atoms with Gasteiger partial charge in [0.2, 0.25) is 0 Å². The Morgan fingerprint density at radius 1 is 1.43 bits per heavy atom. The molecule has 0 unspecified atom stereocenters. The number of nitrogens with zero attached hydrogens (tertiary/aromatic N) is 1. The molecule has 0 spiro atoms. The van der Waals surface area contributed by atoms with Crippen LogP contribution in [0.1, 0.15) is 25.5 Å². The maximum Gasteiger partial charge on any atom is 0.338 e. The van der Waals surface area contributed by atoms with Crippen LogP contribution in [0.15, 0.2) is 29.5 Å². The minimum atomic E-state index is -0.812. The number of methoxy groups -OCH3 is 1. The van der Waals surface area contributed by atoms with Gasteiger partial charge in [0.1, 0.15) is 11.5 Å². The maximum absolute atomic E-state index is 12.3. The number of carbonyl (C=O) groups is 2. The Labute approximate surface area is 134 Å². The molecule has 1 atom stereocenters. The summed E-state index contributed by atoms with van der Waals surface area (Å²) < 4.78 is 10.2. The number of ether oxygens (including phenoxy) is 2. The molecular weight excluding hydrogens is 300 g/mol. The van der Waals surface area contributed by atoms with E-state index in [9.17, 15) is 14.7 Å². The second-order valence-corrected chi connectivity index (χ2v) is 5.09. The molecule has 0 aromatic heterocycles. The Hall–Kier alpha value is -2.70. The lowest BCUT2D eigenvalue weighted by Gasteiger charge is -2.33. The summed E-state index contributed by atoms with van der Waals surface area (Å²) in [4.78, 5) is 25.8. The van der Waals surface area contributed by atoms with Crippen molar-refractivity contribution in [3.8, 4) is 11.5 Å². The van der Waals surface area contributed by atoms with E-state index in [0.717, 1.165) is 0 Å². The number of hydrogen-bond donors (Lipinski definition) is 2. The molecule has 7 heteroatoms. The number of phenols is 1. The summed E-state index contributed by atoms with van der Waals surface area (Å²) in [5.74, 6) is -0.0776. The lowest BCUT2D eigenvalue weighted by Crippen LogP contribution is -2.46. The van der Waals surface area contributed by atoms with Gasteiger partial charge >= 0.3 is 12.0 Å². The van der Waals surface area contributed by atoms with E-state index in [1.807, 2.05) is 0 Å². The topological polar surface area (TPSA) is 88.1 Å². The Morgan fingerprint density at radius 2 is 2.13 bits per heavy atom. The van der Waals surface area contributed by atoms with Gasteiger partial charge in [-0.05, 0) is 32.0 Å². The smallest absolute Gasteiger partial charge is 0.338 e. The number of phenolic OH excluding ortho intramolecular Hbond substituents is 1. The molecule has 0 aliphatic carbocycles. The first-order valence-corrected chi connectivity index (χ1v) is 7.19. The third kappa shape index (κ3) is 3.08. The number of nitrogens with one attached hydrogen (secondary N) is 1. The van der Waals surface area contributed by atoms with E-state index >= 15 is 0 Å². The number of esters is 1. The van der Waals surface area contributed by atoms with E-state index in [1.165, 1.54) is 18.1 Å². The molecule has 0 radical (unpaired) electrons. The van der Waals surface area contributed by atoms with Crippen molar-refractivity contribution < 1.29 is 24.2 Å². The van der Waals surface area contributed by atoms with Gasteiger partial charge in [0, 0.05) is 18.3 Å². The molecule has 2 rings (SSSR count). The van der Waals surface area contributed by atoms with Crippen LogP contribution in [0.2, 0.25) is 0 Å². The molecule has 124 valence electrons. The molecular formula is C16H20N2O5. The number of hydrogen-bond acceptors (Lipinski definition) is 5. The average molecular weight is 320 g/mol. The number of urea groups is 1. The molecule has 1 heterocycles. The minimum absolute atomic E-state index is 0.0461. The van der Waals surface area contributed by atoms with Crippen LogP contribution >= 0.6 is 0 Å². The summed E-state index contributed by atoms with van der Waals surface area (Å²) in [6.07, 6.45) is 0. The number of benzene rings is 1. The first-order valence-electron chi connectivity index (χ1n) is 7.19. The summed E-state index contributed by atoms with van der Waals surface area (Å²) in [5, 5.41) is 12.9. The number of rotatable bonds is 4. The van der Waals surface area contributed by atoms with Gasteiger partial charge in [-0.2, -0.15) is 0 Å². The molecule has 2 amide bonds. The molecule has 23 heavy (non-hydrogen) atoms. The summed E-state index contributed by atoms with van der Waals surface area (Å²) in [7, 11) is 3.06. The van der Waals surface area contributed by atoms with Gasteiger partial charge in [-0.3, -0.25) is 0 Å². The van der Waals surface area contributed by atoms with Crippen molar-refractivity contribution in [1.82, 2.24) is 10.2 Å². The Kier molecular flexibility index (Phi) is 4.78. The zero-order valence-corrected chi connectivity index (χ0v) is 13.5. The number of allylic oxidation sites excluding steroid dienone is 1. The standard InChI is InChI=1S/C16H20N2O5/c1-5-23-15(20)13-9(2)18(3)16(21)17-14(13)11-8-10(22-4)6-7-12(11)19/h6-8,14,19H,5H2,1-4H3,(H,17,21)/t14-/m1/s1. The van der Waals surface area contributed by atoms with Gasteiger partial charge in [-0.15, -0.1) is 0 Å². The van der Waals surface area contributed by atoms with E-state index in [2.05, 4.69) is 5.32 Å². The lowest BCUT2D eigenvalue weighted by molar-refractivity contribution is -0.139. The zero-order valence-electron chi connectivity index (χ0n) is 13.5. The van der Waals surface area contributed by atoms with Crippen molar-refractivity contribution in [3.05, 3.63) is 35.0 Å². The second-order valence-electron chi connectivity index (χ2n) is 5.09. The van der Waals surface area contributed by atoms with Gasteiger partial charge in [-0.1, -0.05) is 0 Å². The minimum Gasteiger partial charge on any atom is -0.508 e. The van der Waals surface area contributed by atoms with Crippen LogP contribution in [-0.2, 0) is 9.53 Å². The molecule has 2 N–H and O–H groups in total. The fourth-order valence-corrected chi connectivity index (χ4v) is 2.43. The monoisotopic (exact) mass is 320 g/mol. The van der Waals surface area contributed by atoms with Crippen molar-refractivity contribution >= 4 is 12.0 Å². The number of amides is 2. The Bertz CT molecular complexity index is 668. The zero-order chi connectivity index (χ0) is 17.1. The van der Waals surface area contributed by atoms with Crippen LogP contribution in [0.3, 0.4) is 0 Å². The third-order valence-corrected chi connectivity index (χ3v) is 3.80. The van der Waals surface area contributed by atoms with E-state index in [4.69, 9.17) is 9.47 Å². The third-order valence-electron chi connectivity index (χ3n) is 3.80. The summed E-state index contributed by atoms with van der Waals surface area (Å²) in [6.45, 7) is 3.58. The molecule has 1 aliphatic heterocycles. The van der Waals surface area contributed by atoms with Gasteiger partial charge < -0.3 is 24.8 Å². The highest BCUT2D eigenvalue weighted by Gasteiger charge is 2.36. The SMILES string of the molecule is CCOC(=O)C1=C(C)N(C)C(=O)N[C@@H]1c1cc(OC)ccc1O. The highest BCUT2D eigenvalue weighted by atomic mass is 16.5. The van der Waals surface area contributed by atoms with Crippen LogP contribution in [0, 0.1) is 0 Å². The fraction of sp³-hybridized carbons (Fsp3) is 0.375. The highest BCUT2D eigenvalue weighted by molar-refractivity contribution is 5.95. The predicted molar refractivity (Wildman–Crippen MR) is 83.0 cm³/mol. The summed E-state index contributed by atoms with van der Waals surface area (Å²) >= 11 is 0. The molecule has 0 fully saturated rings. The molecule has 1 aromatic rings. The van der Waals surface area contributed by atoms with E-state index in [1.54, 1.807) is 33.0 Å². The van der Waals surface area contributed by atoms with Crippen LogP contribution in [0.5, 0.6) is 11.5 Å². The second kappa shape index (κ2) is 6.60. The predicted octanol–water partition coefficient (Wildman–Crippen LogP) is 1.93. The molecule has 0 saturated heterocycles. The average Bonchev–Trinajstić information content (AvgIpc) is 2.53. The van der Waals surface area contributed by atoms with Crippen molar-refractivity contribution in [3.63, 3.8) is 0 Å². The summed E-state index contributed by atoms with van der Waals surface area (Å²) in [6, 6.07) is 3.45. The van der Waals surface area contributed by atoms with E-state index in [-0.39, 0.29) is 24.0 Å². The number of aromatic hydroxyl groups is 1. The van der Waals surface area contributed by atoms with Gasteiger partial charge in [0.05, 0.1) is 25.3 Å². The van der Waals surface area contributed by atoms with Gasteiger partial charge in [0.25, 0.3) is 0 Å². The van der Waals surface area contributed by atoms with Crippen molar-refractivity contribution in [2.45, 2.75) is 19.9 Å². The van der Waals surface area contributed by atoms with Crippen LogP contribution in [0.4, 0.5) is 4.79 Å². The quantitative estimate of drug-likeness (QED) is 0.828. The first-order chi connectivity index (χ1) is 10.9. The van der Waals surface area contributed by atoms with Crippen LogP contribution in [-0.4, -0.2) is 42.8 Å². The fourth-order valence-electron chi connectivity index (χ4n) is 2.43. The Morgan fingerprint density at radius 3 is 2.74 bits per heavy atom. The number of carbonyl (C=O) groups excluding carboxylic acids is 2. The van der Waals surface area contributed by atoms with E-state index in [0.29, 0.717) is 17.0 Å². The highest BCUT2D eigenvalue weighted by Crippen LogP contribution is 2.36. The first kappa shape index (κ1) is 16.7. The maximum atomic E-state index is 12.3. The molecule has 7 nitrogen and oxygen atoms in total. The lowest BCUT2D eigenvalue weighted by atomic mass is 9.94. The van der Waals surface area contributed by atoms with Gasteiger partial charge in [0.15, 0.2) is 0 Å². The largest absolute Gasteiger partial charge is 0.508 e. The molecule has 1 aromatic carbocycles. The molecule has 0 saturated carbocycles. The van der Waals surface area contributed by atoms with Gasteiger partial charge in [-0.25, -0.2) is 9.59 Å². The van der Waals surface area contributed by atoms with Crippen LogP contribution in [0.25, 0.3) is 0 Å². The van der Waals surface area contributed by atoms with E-state index < -0.39 is 12.0 Å². The van der Waals surface area contributed by atoms with Crippen LogP contribution < -0.4 is 10.1 Å². The molecule has 0 bridgehead atoms. The summed E-state index contributed by atoms with van der Waals surface area (Å²) in [5.41, 5.74) is 1.12. The molecule has 1 aliphatic rings.